The van der Waals surface area contributed by atoms with Crippen LogP contribution >= 0.6 is 12.2 Å². The van der Waals surface area contributed by atoms with E-state index < -0.39 is 0 Å². The fraction of sp³-hybridized carbons (Fsp3) is 0.381. The number of benzene rings is 2. The summed E-state index contributed by atoms with van der Waals surface area (Å²) in [6.45, 7) is 5.98. The van der Waals surface area contributed by atoms with E-state index in [2.05, 4.69) is 15.1 Å². The molecule has 0 radical (unpaired) electrons. The number of rotatable bonds is 7. The lowest BCUT2D eigenvalue weighted by molar-refractivity contribution is 0.0368. The predicted molar refractivity (Wildman–Crippen MR) is 111 cm³/mol. The minimum atomic E-state index is -0.220. The molecule has 2 aromatic rings. The van der Waals surface area contributed by atoms with E-state index in [9.17, 15) is 4.39 Å². The van der Waals surface area contributed by atoms with Crippen LogP contribution in [0.5, 0.6) is 0 Å². The number of thiocarbonyl (C=S) groups is 1. The molecule has 6 heteroatoms. The van der Waals surface area contributed by atoms with Crippen LogP contribution in [0.2, 0.25) is 0 Å². The van der Waals surface area contributed by atoms with Gasteiger partial charge in [0, 0.05) is 38.4 Å². The van der Waals surface area contributed by atoms with Crippen molar-refractivity contribution in [1.82, 2.24) is 9.80 Å². The second-order valence-electron chi connectivity index (χ2n) is 6.66. The number of para-hydroxylation sites is 1. The van der Waals surface area contributed by atoms with Gasteiger partial charge in [-0.25, -0.2) is 4.39 Å². The molecule has 3 rings (SSSR count). The number of anilines is 1. The van der Waals surface area contributed by atoms with Crippen LogP contribution in [-0.4, -0.2) is 54.3 Å². The van der Waals surface area contributed by atoms with Crippen molar-refractivity contribution in [3.63, 3.8) is 0 Å². The third kappa shape index (κ3) is 6.57. The maximum atomic E-state index is 13.6. The Morgan fingerprint density at radius 3 is 2.63 bits per heavy atom. The molecule has 1 heterocycles. The maximum Gasteiger partial charge on any atom is 0.173 e. The Bertz CT molecular complexity index is 722. The molecule has 0 spiro atoms. The molecule has 0 aromatic heterocycles. The van der Waals surface area contributed by atoms with Crippen molar-refractivity contribution in [1.29, 1.82) is 0 Å². The highest BCUT2D eigenvalue weighted by Crippen LogP contribution is 2.12. The van der Waals surface area contributed by atoms with Gasteiger partial charge in [0.25, 0.3) is 0 Å². The number of hydrogen-bond donors (Lipinski definition) is 1. The zero-order valence-corrected chi connectivity index (χ0v) is 16.3. The highest BCUT2D eigenvalue weighted by atomic mass is 32.1. The Balaban J connectivity index is 1.60. The largest absolute Gasteiger partial charge is 0.379 e. The minimum Gasteiger partial charge on any atom is -0.379 e. The first-order chi connectivity index (χ1) is 13.2. The Morgan fingerprint density at radius 2 is 1.89 bits per heavy atom. The molecule has 0 aliphatic carbocycles. The first kappa shape index (κ1) is 19.7. The van der Waals surface area contributed by atoms with Gasteiger partial charge in [0.05, 0.1) is 13.2 Å². The summed E-state index contributed by atoms with van der Waals surface area (Å²) in [5.74, 6) is -0.220. The van der Waals surface area contributed by atoms with Crippen molar-refractivity contribution in [3.8, 4) is 0 Å². The van der Waals surface area contributed by atoms with E-state index in [-0.39, 0.29) is 5.82 Å². The van der Waals surface area contributed by atoms with Gasteiger partial charge in [0.15, 0.2) is 5.11 Å². The summed E-state index contributed by atoms with van der Waals surface area (Å²) >= 11 is 5.65. The number of hydrogen-bond acceptors (Lipinski definition) is 3. The van der Waals surface area contributed by atoms with Gasteiger partial charge >= 0.3 is 0 Å². The average molecular weight is 388 g/mol. The van der Waals surface area contributed by atoms with Gasteiger partial charge in [0.1, 0.15) is 5.82 Å². The van der Waals surface area contributed by atoms with Crippen molar-refractivity contribution in [2.75, 3.05) is 44.7 Å². The number of morpholine rings is 1. The molecule has 27 heavy (non-hydrogen) atoms. The molecule has 1 aliphatic heterocycles. The predicted octanol–water partition coefficient (Wildman–Crippen LogP) is 3.75. The van der Waals surface area contributed by atoms with Gasteiger partial charge in [0.2, 0.25) is 0 Å². The molecular weight excluding hydrogens is 361 g/mol. The Hall–Kier alpha value is -2.02. The average Bonchev–Trinajstić information content (AvgIpc) is 2.69. The van der Waals surface area contributed by atoms with E-state index in [1.54, 1.807) is 12.1 Å². The molecule has 0 unspecified atom stereocenters. The highest BCUT2D eigenvalue weighted by molar-refractivity contribution is 7.80. The van der Waals surface area contributed by atoms with Crippen LogP contribution < -0.4 is 5.32 Å². The lowest BCUT2D eigenvalue weighted by atomic mass is 10.2. The van der Waals surface area contributed by atoms with Gasteiger partial charge in [-0.2, -0.15) is 0 Å². The molecule has 1 fully saturated rings. The smallest absolute Gasteiger partial charge is 0.173 e. The summed E-state index contributed by atoms with van der Waals surface area (Å²) in [5, 5.41) is 3.95. The van der Waals surface area contributed by atoms with Crippen molar-refractivity contribution in [2.45, 2.75) is 13.0 Å². The maximum absolute atomic E-state index is 13.6. The fourth-order valence-corrected chi connectivity index (χ4v) is 3.42. The lowest BCUT2D eigenvalue weighted by Gasteiger charge is -2.29. The number of nitrogens with one attached hydrogen (secondary N) is 1. The fourth-order valence-electron chi connectivity index (χ4n) is 3.14. The van der Waals surface area contributed by atoms with Gasteiger partial charge in [-0.3, -0.25) is 4.90 Å². The van der Waals surface area contributed by atoms with Crippen LogP contribution in [0, 0.1) is 5.82 Å². The quantitative estimate of drug-likeness (QED) is 0.731. The summed E-state index contributed by atoms with van der Waals surface area (Å²) in [5.41, 5.74) is 1.87. The van der Waals surface area contributed by atoms with E-state index in [4.69, 9.17) is 17.0 Å². The van der Waals surface area contributed by atoms with Gasteiger partial charge < -0.3 is 15.0 Å². The van der Waals surface area contributed by atoms with E-state index in [0.717, 1.165) is 57.1 Å². The molecule has 2 aromatic carbocycles. The molecule has 1 N–H and O–H groups in total. The van der Waals surface area contributed by atoms with Crippen molar-refractivity contribution in [2.24, 2.45) is 0 Å². The first-order valence-electron chi connectivity index (χ1n) is 9.36. The van der Waals surface area contributed by atoms with Gasteiger partial charge in [-0.1, -0.05) is 30.3 Å². The summed E-state index contributed by atoms with van der Waals surface area (Å²) in [6, 6.07) is 16.6. The molecule has 4 nitrogen and oxygen atoms in total. The van der Waals surface area contributed by atoms with Crippen LogP contribution in [-0.2, 0) is 11.3 Å². The summed E-state index contributed by atoms with van der Waals surface area (Å²) in [6.07, 6.45) is 0.992. The highest BCUT2D eigenvalue weighted by Gasteiger charge is 2.14. The van der Waals surface area contributed by atoms with Crippen LogP contribution in [0.1, 0.15) is 12.0 Å². The molecule has 0 bridgehead atoms. The van der Waals surface area contributed by atoms with E-state index in [0.29, 0.717) is 11.7 Å². The topological polar surface area (TPSA) is 27.7 Å². The van der Waals surface area contributed by atoms with Crippen LogP contribution in [0.3, 0.4) is 0 Å². The molecule has 0 amide bonds. The van der Waals surface area contributed by atoms with Crippen LogP contribution in [0.25, 0.3) is 0 Å². The summed E-state index contributed by atoms with van der Waals surface area (Å²) in [4.78, 5) is 4.52. The monoisotopic (exact) mass is 387 g/mol. The van der Waals surface area contributed by atoms with E-state index in [1.807, 2.05) is 36.4 Å². The third-order valence-electron chi connectivity index (χ3n) is 4.58. The zero-order chi connectivity index (χ0) is 18.9. The Morgan fingerprint density at radius 1 is 1.11 bits per heavy atom. The van der Waals surface area contributed by atoms with Crippen LogP contribution in [0.15, 0.2) is 54.6 Å². The SMILES string of the molecule is Fc1cccc(CN(CCCN2CCOCC2)C(=S)Nc2ccccc2)c1. The summed E-state index contributed by atoms with van der Waals surface area (Å²) < 4.78 is 19.0. The van der Waals surface area contributed by atoms with Crippen molar-refractivity contribution < 1.29 is 9.13 Å². The summed E-state index contributed by atoms with van der Waals surface area (Å²) in [7, 11) is 0. The van der Waals surface area contributed by atoms with E-state index >= 15 is 0 Å². The molecular formula is C21H26FN3OS. The van der Waals surface area contributed by atoms with Gasteiger partial charge in [-0.15, -0.1) is 0 Å². The molecule has 144 valence electrons. The van der Waals surface area contributed by atoms with E-state index in [1.165, 1.54) is 6.07 Å². The number of nitrogens with zero attached hydrogens (tertiary/aromatic N) is 2. The Labute approximate surface area is 165 Å². The Kier molecular flexibility index (Phi) is 7.56. The second-order valence-corrected chi connectivity index (χ2v) is 7.04. The number of halogens is 1. The van der Waals surface area contributed by atoms with Crippen LogP contribution in [0.4, 0.5) is 10.1 Å². The standard InChI is InChI=1S/C21H26FN3OS/c22-19-7-4-6-18(16-19)17-25(11-5-10-24-12-14-26-15-13-24)21(27)23-20-8-2-1-3-9-20/h1-4,6-9,16H,5,10-15,17H2,(H,23,27). The molecule has 0 saturated carbocycles. The number of ether oxygens (including phenoxy) is 1. The molecule has 1 saturated heterocycles. The second kappa shape index (κ2) is 10.3. The van der Waals surface area contributed by atoms with Gasteiger partial charge in [-0.05, 0) is 48.5 Å². The van der Waals surface area contributed by atoms with Crippen molar-refractivity contribution in [3.05, 3.63) is 66.0 Å². The molecule has 0 atom stereocenters. The molecule has 1 aliphatic rings. The van der Waals surface area contributed by atoms with Crippen molar-refractivity contribution >= 4 is 23.0 Å². The minimum absolute atomic E-state index is 0.220. The third-order valence-corrected chi connectivity index (χ3v) is 4.94. The normalized spacial score (nSPS) is 14.7. The first-order valence-corrected chi connectivity index (χ1v) is 9.77. The lowest BCUT2D eigenvalue weighted by Crippen LogP contribution is -2.40. The zero-order valence-electron chi connectivity index (χ0n) is 15.4.